The molecule has 0 radical (unpaired) electrons. The summed E-state index contributed by atoms with van der Waals surface area (Å²) >= 11 is 0. The fourth-order valence-electron chi connectivity index (χ4n) is 2.05. The second-order valence-corrected chi connectivity index (χ2v) is 4.15. The van der Waals surface area contributed by atoms with Crippen LogP contribution in [0.2, 0.25) is 0 Å². The summed E-state index contributed by atoms with van der Waals surface area (Å²) < 4.78 is 5.33. The van der Waals surface area contributed by atoms with E-state index in [1.54, 1.807) is 0 Å². The zero-order chi connectivity index (χ0) is 11.7. The number of rotatable bonds is 2. The standard InChI is InChI=1S/C13H13N3O/c1-9-7-12(17-16-9)11-8-14-15-13(11)10-5-3-2-4-6-10/h2-7,11,14H,8H2,1H3. The largest absolute Gasteiger partial charge is 0.360 e. The van der Waals surface area contributed by atoms with Gasteiger partial charge in [0.25, 0.3) is 0 Å². The van der Waals surface area contributed by atoms with Crippen molar-refractivity contribution in [1.29, 1.82) is 0 Å². The van der Waals surface area contributed by atoms with E-state index >= 15 is 0 Å². The van der Waals surface area contributed by atoms with Crippen molar-refractivity contribution in [3.8, 4) is 0 Å². The first-order valence-corrected chi connectivity index (χ1v) is 5.63. The van der Waals surface area contributed by atoms with Gasteiger partial charge in [-0.1, -0.05) is 35.5 Å². The van der Waals surface area contributed by atoms with Crippen LogP contribution in [0.25, 0.3) is 0 Å². The molecule has 0 fully saturated rings. The number of hydrogen-bond acceptors (Lipinski definition) is 4. The Morgan fingerprint density at radius 3 is 2.82 bits per heavy atom. The second-order valence-electron chi connectivity index (χ2n) is 4.15. The van der Waals surface area contributed by atoms with Gasteiger partial charge in [-0.25, -0.2) is 0 Å². The molecule has 0 saturated carbocycles. The molecule has 2 aromatic rings. The zero-order valence-electron chi connectivity index (χ0n) is 9.55. The van der Waals surface area contributed by atoms with E-state index in [-0.39, 0.29) is 5.92 Å². The molecule has 1 atom stereocenters. The summed E-state index contributed by atoms with van der Waals surface area (Å²) in [6.45, 7) is 2.69. The summed E-state index contributed by atoms with van der Waals surface area (Å²) in [6, 6.07) is 12.1. The maximum Gasteiger partial charge on any atom is 0.147 e. The third kappa shape index (κ3) is 1.82. The van der Waals surface area contributed by atoms with Gasteiger partial charge in [0.05, 0.1) is 17.3 Å². The van der Waals surface area contributed by atoms with E-state index in [4.69, 9.17) is 4.52 Å². The van der Waals surface area contributed by atoms with Crippen LogP contribution in [0.15, 0.2) is 46.0 Å². The molecule has 1 N–H and O–H groups in total. The third-order valence-electron chi connectivity index (χ3n) is 2.88. The lowest BCUT2D eigenvalue weighted by molar-refractivity contribution is 0.374. The maximum absolute atomic E-state index is 5.33. The molecule has 2 heterocycles. The monoisotopic (exact) mass is 227 g/mol. The van der Waals surface area contributed by atoms with E-state index in [1.807, 2.05) is 31.2 Å². The first kappa shape index (κ1) is 10.1. The quantitative estimate of drug-likeness (QED) is 0.854. The van der Waals surface area contributed by atoms with Crippen LogP contribution in [-0.4, -0.2) is 17.4 Å². The number of benzene rings is 1. The summed E-state index contributed by atoms with van der Waals surface area (Å²) in [5, 5.41) is 8.28. The van der Waals surface area contributed by atoms with Crippen molar-refractivity contribution in [1.82, 2.24) is 10.6 Å². The molecular formula is C13H13N3O. The van der Waals surface area contributed by atoms with E-state index < -0.39 is 0 Å². The number of aryl methyl sites for hydroxylation is 1. The minimum Gasteiger partial charge on any atom is -0.360 e. The van der Waals surface area contributed by atoms with Crippen LogP contribution < -0.4 is 5.43 Å². The maximum atomic E-state index is 5.33. The Balaban J connectivity index is 1.95. The number of hydrogen-bond donors (Lipinski definition) is 1. The Labute approximate surface area is 99.3 Å². The summed E-state index contributed by atoms with van der Waals surface area (Å²) in [7, 11) is 0. The van der Waals surface area contributed by atoms with E-state index in [2.05, 4.69) is 27.8 Å². The van der Waals surface area contributed by atoms with E-state index in [0.29, 0.717) is 0 Å². The van der Waals surface area contributed by atoms with Gasteiger partial charge < -0.3 is 9.95 Å². The predicted octanol–water partition coefficient (Wildman–Crippen LogP) is 2.07. The van der Waals surface area contributed by atoms with Crippen molar-refractivity contribution < 1.29 is 4.52 Å². The number of nitrogens with one attached hydrogen (secondary N) is 1. The topological polar surface area (TPSA) is 50.4 Å². The lowest BCUT2D eigenvalue weighted by Gasteiger charge is -2.07. The predicted molar refractivity (Wildman–Crippen MR) is 65.0 cm³/mol. The number of aromatic nitrogens is 1. The fraction of sp³-hybridized carbons (Fsp3) is 0.231. The molecular weight excluding hydrogens is 214 g/mol. The normalized spacial score (nSPS) is 18.9. The molecule has 1 aliphatic rings. The van der Waals surface area contributed by atoms with Gasteiger partial charge in [0.15, 0.2) is 0 Å². The molecule has 4 heteroatoms. The Hall–Kier alpha value is -2.10. The molecule has 1 aliphatic heterocycles. The van der Waals surface area contributed by atoms with Gasteiger partial charge in [0, 0.05) is 12.6 Å². The molecule has 1 aromatic heterocycles. The van der Waals surface area contributed by atoms with Crippen LogP contribution in [0.4, 0.5) is 0 Å². The molecule has 17 heavy (non-hydrogen) atoms. The highest BCUT2D eigenvalue weighted by molar-refractivity contribution is 6.05. The molecule has 1 aromatic carbocycles. The Kier molecular flexibility index (Phi) is 2.40. The summed E-state index contributed by atoms with van der Waals surface area (Å²) in [4.78, 5) is 0. The van der Waals surface area contributed by atoms with Crippen molar-refractivity contribution in [2.24, 2.45) is 5.10 Å². The average molecular weight is 227 g/mol. The highest BCUT2D eigenvalue weighted by Crippen LogP contribution is 2.24. The summed E-state index contributed by atoms with van der Waals surface area (Å²) in [5.41, 5.74) is 6.07. The van der Waals surface area contributed by atoms with Crippen molar-refractivity contribution in [2.75, 3.05) is 6.54 Å². The van der Waals surface area contributed by atoms with Crippen molar-refractivity contribution in [3.63, 3.8) is 0 Å². The molecule has 4 nitrogen and oxygen atoms in total. The smallest absolute Gasteiger partial charge is 0.147 e. The minimum atomic E-state index is 0.151. The van der Waals surface area contributed by atoms with Crippen molar-refractivity contribution in [3.05, 3.63) is 53.4 Å². The fourth-order valence-corrected chi connectivity index (χ4v) is 2.05. The van der Waals surface area contributed by atoms with Gasteiger partial charge in [-0.3, -0.25) is 0 Å². The lowest BCUT2D eigenvalue weighted by atomic mass is 9.95. The van der Waals surface area contributed by atoms with Gasteiger partial charge in [-0.2, -0.15) is 5.10 Å². The number of nitrogens with zero attached hydrogens (tertiary/aromatic N) is 2. The molecule has 0 amide bonds. The van der Waals surface area contributed by atoms with Gasteiger partial charge in [0.1, 0.15) is 5.76 Å². The average Bonchev–Trinajstić information content (AvgIpc) is 2.98. The Morgan fingerprint density at radius 2 is 2.12 bits per heavy atom. The van der Waals surface area contributed by atoms with E-state index in [9.17, 15) is 0 Å². The van der Waals surface area contributed by atoms with Gasteiger partial charge >= 0.3 is 0 Å². The van der Waals surface area contributed by atoms with Crippen LogP contribution in [0, 0.1) is 6.92 Å². The van der Waals surface area contributed by atoms with E-state index in [0.717, 1.165) is 29.3 Å². The highest BCUT2D eigenvalue weighted by Gasteiger charge is 2.27. The SMILES string of the molecule is Cc1cc(C2CNN=C2c2ccccc2)on1. The van der Waals surface area contributed by atoms with Crippen LogP contribution in [0.3, 0.4) is 0 Å². The number of hydrazone groups is 1. The van der Waals surface area contributed by atoms with Gasteiger partial charge in [-0.15, -0.1) is 0 Å². The molecule has 0 saturated heterocycles. The first-order chi connectivity index (χ1) is 8.34. The highest BCUT2D eigenvalue weighted by atomic mass is 16.5. The molecule has 86 valence electrons. The molecule has 0 spiro atoms. The van der Waals surface area contributed by atoms with Crippen LogP contribution in [-0.2, 0) is 0 Å². The van der Waals surface area contributed by atoms with Crippen LogP contribution >= 0.6 is 0 Å². The third-order valence-corrected chi connectivity index (χ3v) is 2.88. The van der Waals surface area contributed by atoms with E-state index in [1.165, 1.54) is 0 Å². The molecule has 3 rings (SSSR count). The minimum absolute atomic E-state index is 0.151. The molecule has 0 bridgehead atoms. The molecule has 0 aliphatic carbocycles. The Morgan fingerprint density at radius 1 is 1.29 bits per heavy atom. The van der Waals surface area contributed by atoms with Crippen molar-refractivity contribution in [2.45, 2.75) is 12.8 Å². The van der Waals surface area contributed by atoms with Crippen molar-refractivity contribution >= 4 is 5.71 Å². The summed E-state index contributed by atoms with van der Waals surface area (Å²) in [5.74, 6) is 1.02. The van der Waals surface area contributed by atoms with Gasteiger partial charge in [0.2, 0.25) is 0 Å². The molecule has 1 unspecified atom stereocenters. The zero-order valence-corrected chi connectivity index (χ0v) is 9.55. The second kappa shape index (κ2) is 4.05. The van der Waals surface area contributed by atoms with Gasteiger partial charge in [-0.05, 0) is 12.5 Å². The van der Waals surface area contributed by atoms with Crippen LogP contribution in [0.5, 0.6) is 0 Å². The lowest BCUT2D eigenvalue weighted by Crippen LogP contribution is -2.13. The Bertz CT molecular complexity index is 545. The first-order valence-electron chi connectivity index (χ1n) is 5.63. The summed E-state index contributed by atoms with van der Waals surface area (Å²) in [6.07, 6.45) is 0. The van der Waals surface area contributed by atoms with Crippen LogP contribution in [0.1, 0.15) is 22.9 Å².